The molecule has 0 saturated carbocycles. The molecule has 1 unspecified atom stereocenters. The Labute approximate surface area is 127 Å². The van der Waals surface area contributed by atoms with Crippen LogP contribution in [0, 0.1) is 0 Å². The number of nitrogens with two attached hydrogens (primary N) is 1. The molecule has 0 aromatic heterocycles. The van der Waals surface area contributed by atoms with Crippen LogP contribution in [0.15, 0.2) is 30.3 Å². The van der Waals surface area contributed by atoms with Crippen LogP contribution in [-0.4, -0.2) is 29.9 Å². The highest BCUT2D eigenvalue weighted by Gasteiger charge is 2.27. The summed E-state index contributed by atoms with van der Waals surface area (Å²) in [5, 5.41) is 0. The first-order valence-corrected chi connectivity index (χ1v) is 7.34. The lowest BCUT2D eigenvalue weighted by Gasteiger charge is -2.25. The van der Waals surface area contributed by atoms with Gasteiger partial charge in [0, 0.05) is 19.0 Å². The second-order valence-corrected chi connectivity index (χ2v) is 5.30. The molecule has 1 aliphatic heterocycles. The second-order valence-electron chi connectivity index (χ2n) is 5.30. The van der Waals surface area contributed by atoms with Crippen molar-refractivity contribution in [2.24, 2.45) is 5.73 Å². The number of carbonyl (C=O) groups excluding carboxylic acids is 1. The molecule has 4 heteroatoms. The molecule has 1 atom stereocenters. The zero-order chi connectivity index (χ0) is 13.5. The largest absolute Gasteiger partial charge is 0.340 e. The fraction of sp³-hybridized carbons (Fsp3) is 0.562. The van der Waals surface area contributed by atoms with Crippen LogP contribution in [0.1, 0.15) is 37.7 Å². The Bertz CT molecular complexity index is 397. The van der Waals surface area contributed by atoms with E-state index in [1.165, 1.54) is 5.56 Å². The highest BCUT2D eigenvalue weighted by atomic mass is 35.5. The van der Waals surface area contributed by atoms with Gasteiger partial charge in [-0.25, -0.2) is 0 Å². The SMILES string of the molecule is Cl.NCCCC(=O)N1CCCC1CCc1ccccc1. The molecule has 1 amide bonds. The quantitative estimate of drug-likeness (QED) is 0.877. The summed E-state index contributed by atoms with van der Waals surface area (Å²) in [5.74, 6) is 0.293. The molecule has 1 aromatic carbocycles. The van der Waals surface area contributed by atoms with Crippen molar-refractivity contribution in [3.8, 4) is 0 Å². The molecule has 0 radical (unpaired) electrons. The third-order valence-electron chi connectivity index (χ3n) is 3.90. The molecule has 20 heavy (non-hydrogen) atoms. The minimum absolute atomic E-state index is 0. The van der Waals surface area contributed by atoms with Gasteiger partial charge in [0.05, 0.1) is 0 Å². The van der Waals surface area contributed by atoms with Crippen molar-refractivity contribution in [1.29, 1.82) is 0 Å². The van der Waals surface area contributed by atoms with E-state index in [1.54, 1.807) is 0 Å². The minimum Gasteiger partial charge on any atom is -0.340 e. The van der Waals surface area contributed by atoms with E-state index in [0.717, 1.165) is 38.6 Å². The number of nitrogens with zero attached hydrogens (tertiary/aromatic N) is 1. The third-order valence-corrected chi connectivity index (χ3v) is 3.90. The van der Waals surface area contributed by atoms with Gasteiger partial charge in [-0.1, -0.05) is 30.3 Å². The van der Waals surface area contributed by atoms with Gasteiger partial charge in [0.25, 0.3) is 0 Å². The molecule has 1 aliphatic rings. The van der Waals surface area contributed by atoms with Gasteiger partial charge in [-0.2, -0.15) is 0 Å². The molecular formula is C16H25ClN2O. The number of carbonyl (C=O) groups is 1. The Balaban J connectivity index is 0.00000200. The fourth-order valence-corrected chi connectivity index (χ4v) is 2.84. The molecule has 3 nitrogen and oxygen atoms in total. The molecule has 1 aromatic rings. The first kappa shape index (κ1) is 17.0. The standard InChI is InChI=1S/C16H24N2O.ClH/c17-12-4-9-16(19)18-13-5-8-15(18)11-10-14-6-2-1-3-7-14;/h1-3,6-7,15H,4-5,8-13,17H2;1H. The van der Waals surface area contributed by atoms with Gasteiger partial charge in [-0.05, 0) is 44.2 Å². The van der Waals surface area contributed by atoms with Crippen molar-refractivity contribution < 1.29 is 4.79 Å². The summed E-state index contributed by atoms with van der Waals surface area (Å²) in [4.78, 5) is 14.2. The van der Waals surface area contributed by atoms with E-state index in [9.17, 15) is 4.79 Å². The van der Waals surface area contributed by atoms with E-state index in [-0.39, 0.29) is 12.4 Å². The third kappa shape index (κ3) is 4.80. The Kier molecular flexibility index (Phi) is 7.63. The number of hydrogen-bond acceptors (Lipinski definition) is 2. The molecular weight excluding hydrogens is 272 g/mol. The van der Waals surface area contributed by atoms with Gasteiger partial charge < -0.3 is 10.6 Å². The van der Waals surface area contributed by atoms with Crippen LogP contribution < -0.4 is 5.73 Å². The second kappa shape index (κ2) is 8.98. The highest BCUT2D eigenvalue weighted by molar-refractivity contribution is 5.85. The first-order valence-electron chi connectivity index (χ1n) is 7.34. The molecule has 2 N–H and O–H groups in total. The Morgan fingerprint density at radius 1 is 1.30 bits per heavy atom. The predicted molar refractivity (Wildman–Crippen MR) is 85.0 cm³/mol. The van der Waals surface area contributed by atoms with E-state index < -0.39 is 0 Å². The van der Waals surface area contributed by atoms with Crippen molar-refractivity contribution in [3.63, 3.8) is 0 Å². The van der Waals surface area contributed by atoms with Crippen molar-refractivity contribution in [2.45, 2.75) is 44.6 Å². The van der Waals surface area contributed by atoms with Gasteiger partial charge >= 0.3 is 0 Å². The molecule has 0 spiro atoms. The van der Waals surface area contributed by atoms with Crippen molar-refractivity contribution in [1.82, 2.24) is 4.90 Å². The van der Waals surface area contributed by atoms with E-state index in [4.69, 9.17) is 5.73 Å². The van der Waals surface area contributed by atoms with Crippen LogP contribution in [0.5, 0.6) is 0 Å². The van der Waals surface area contributed by atoms with Crippen LogP contribution >= 0.6 is 12.4 Å². The average Bonchev–Trinajstić information content (AvgIpc) is 2.92. The number of benzene rings is 1. The van der Waals surface area contributed by atoms with Gasteiger partial charge in [0.2, 0.25) is 5.91 Å². The van der Waals surface area contributed by atoms with Gasteiger partial charge in [0.15, 0.2) is 0 Å². The molecule has 0 aliphatic carbocycles. The number of halogens is 1. The van der Waals surface area contributed by atoms with Crippen LogP contribution in [0.3, 0.4) is 0 Å². The van der Waals surface area contributed by atoms with Crippen molar-refractivity contribution in [3.05, 3.63) is 35.9 Å². The van der Waals surface area contributed by atoms with Crippen molar-refractivity contribution in [2.75, 3.05) is 13.1 Å². The maximum Gasteiger partial charge on any atom is 0.222 e. The summed E-state index contributed by atoms with van der Waals surface area (Å²) >= 11 is 0. The van der Waals surface area contributed by atoms with E-state index in [1.807, 2.05) is 6.07 Å². The molecule has 1 saturated heterocycles. The smallest absolute Gasteiger partial charge is 0.222 e. The summed E-state index contributed by atoms with van der Waals surface area (Å²) in [7, 11) is 0. The Morgan fingerprint density at radius 2 is 2.05 bits per heavy atom. The van der Waals surface area contributed by atoms with E-state index in [0.29, 0.717) is 24.9 Å². The molecule has 1 heterocycles. The Hall–Kier alpha value is -1.06. The maximum absolute atomic E-state index is 12.1. The van der Waals surface area contributed by atoms with Crippen LogP contribution in [0.2, 0.25) is 0 Å². The summed E-state index contributed by atoms with van der Waals surface area (Å²) in [5.41, 5.74) is 6.84. The average molecular weight is 297 g/mol. The Morgan fingerprint density at radius 3 is 2.75 bits per heavy atom. The molecule has 0 bridgehead atoms. The van der Waals surface area contributed by atoms with E-state index >= 15 is 0 Å². The monoisotopic (exact) mass is 296 g/mol. The van der Waals surface area contributed by atoms with E-state index in [2.05, 4.69) is 29.2 Å². The van der Waals surface area contributed by atoms with Crippen molar-refractivity contribution >= 4 is 18.3 Å². The van der Waals surface area contributed by atoms with Gasteiger partial charge in [-0.15, -0.1) is 12.4 Å². The number of aryl methyl sites for hydroxylation is 1. The summed E-state index contributed by atoms with van der Waals surface area (Å²) < 4.78 is 0. The molecule has 112 valence electrons. The summed E-state index contributed by atoms with van der Waals surface area (Å²) in [6.45, 7) is 1.54. The lowest BCUT2D eigenvalue weighted by Crippen LogP contribution is -2.35. The number of hydrogen-bond donors (Lipinski definition) is 1. The van der Waals surface area contributed by atoms with Gasteiger partial charge in [0.1, 0.15) is 0 Å². The lowest BCUT2D eigenvalue weighted by atomic mass is 10.0. The van der Waals surface area contributed by atoms with Crippen LogP contribution in [0.25, 0.3) is 0 Å². The lowest BCUT2D eigenvalue weighted by molar-refractivity contribution is -0.132. The number of likely N-dealkylation sites (tertiary alicyclic amines) is 1. The zero-order valence-electron chi connectivity index (χ0n) is 12.0. The first-order chi connectivity index (χ1) is 9.31. The summed E-state index contributed by atoms with van der Waals surface area (Å²) in [6.07, 6.45) is 5.86. The molecule has 1 fully saturated rings. The zero-order valence-corrected chi connectivity index (χ0v) is 12.8. The summed E-state index contributed by atoms with van der Waals surface area (Å²) in [6, 6.07) is 11.0. The fourth-order valence-electron chi connectivity index (χ4n) is 2.84. The van der Waals surface area contributed by atoms with Crippen LogP contribution in [0.4, 0.5) is 0 Å². The van der Waals surface area contributed by atoms with Gasteiger partial charge in [-0.3, -0.25) is 4.79 Å². The van der Waals surface area contributed by atoms with Crippen LogP contribution in [-0.2, 0) is 11.2 Å². The minimum atomic E-state index is 0. The number of rotatable bonds is 6. The maximum atomic E-state index is 12.1. The highest BCUT2D eigenvalue weighted by Crippen LogP contribution is 2.22. The predicted octanol–water partition coefficient (Wildman–Crippen LogP) is 2.77. The molecule has 2 rings (SSSR count). The normalized spacial score (nSPS) is 17.9. The topological polar surface area (TPSA) is 46.3 Å². The number of amides is 1.